The number of allylic oxidation sites excluding steroid dienone is 4. The van der Waals surface area contributed by atoms with Crippen molar-refractivity contribution in [1.82, 2.24) is 0 Å². The van der Waals surface area contributed by atoms with Crippen LogP contribution in [-0.4, -0.2) is 15.3 Å². The number of alkyl halides is 1. The molecule has 1 aliphatic heterocycles. The van der Waals surface area contributed by atoms with E-state index in [4.69, 9.17) is 0 Å². The molecule has 1 heterocycles. The van der Waals surface area contributed by atoms with Crippen molar-refractivity contribution in [3.05, 3.63) is 24.3 Å². The van der Waals surface area contributed by atoms with E-state index in [1.165, 1.54) is 19.3 Å². The molecule has 14 heavy (non-hydrogen) atoms. The van der Waals surface area contributed by atoms with Gasteiger partial charge in [-0.1, -0.05) is 40.2 Å². The molecule has 5 atom stereocenters. The van der Waals surface area contributed by atoms with Crippen LogP contribution < -0.4 is 0 Å². The largest absolute Gasteiger partial charge is 0.153 e. The van der Waals surface area contributed by atoms with Gasteiger partial charge in [-0.15, -0.1) is 0 Å². The first-order valence-electron chi connectivity index (χ1n) is 5.49. The molecule has 1 fully saturated rings. The molecule has 0 aromatic heterocycles. The fourth-order valence-corrected chi connectivity index (χ4v) is 5.75. The van der Waals surface area contributed by atoms with Crippen molar-refractivity contribution < 1.29 is 0 Å². The zero-order valence-electron chi connectivity index (χ0n) is 8.10. The van der Waals surface area contributed by atoms with Gasteiger partial charge < -0.3 is 0 Å². The molecule has 76 valence electrons. The van der Waals surface area contributed by atoms with Crippen molar-refractivity contribution in [2.24, 2.45) is 11.8 Å². The van der Waals surface area contributed by atoms with E-state index in [1.807, 2.05) is 0 Å². The fraction of sp³-hybridized carbons (Fsp3) is 0.667. The normalized spacial score (nSPS) is 50.2. The zero-order valence-corrected chi connectivity index (χ0v) is 10.5. The van der Waals surface area contributed by atoms with E-state index in [9.17, 15) is 0 Å². The summed E-state index contributed by atoms with van der Waals surface area (Å²) in [7, 11) is 0. The van der Waals surface area contributed by atoms with Gasteiger partial charge in [0.1, 0.15) is 0 Å². The molecule has 2 heteroatoms. The van der Waals surface area contributed by atoms with Crippen LogP contribution in [0, 0.1) is 11.8 Å². The topological polar surface area (TPSA) is 0 Å². The summed E-state index contributed by atoms with van der Waals surface area (Å²) in [6.07, 6.45) is 13.6. The van der Waals surface area contributed by atoms with E-state index >= 15 is 0 Å². The minimum absolute atomic E-state index is 0.710. The third-order valence-corrected chi connectivity index (χ3v) is 6.79. The smallest absolute Gasteiger partial charge is 0.0305 e. The molecule has 0 N–H and O–H groups in total. The highest BCUT2D eigenvalue weighted by molar-refractivity contribution is 9.09. The Morgan fingerprint density at radius 2 is 2.00 bits per heavy atom. The van der Waals surface area contributed by atoms with Gasteiger partial charge in [0.2, 0.25) is 0 Å². The van der Waals surface area contributed by atoms with Crippen LogP contribution in [0.4, 0.5) is 0 Å². The molecule has 3 aliphatic rings. The molecule has 0 nitrogen and oxygen atoms in total. The summed E-state index contributed by atoms with van der Waals surface area (Å²) in [4.78, 5) is 0.710. The number of hydrogen-bond acceptors (Lipinski definition) is 1. The Labute approximate surface area is 98.3 Å². The van der Waals surface area contributed by atoms with Crippen LogP contribution in [0.15, 0.2) is 24.3 Å². The summed E-state index contributed by atoms with van der Waals surface area (Å²) in [5.41, 5.74) is 0. The van der Waals surface area contributed by atoms with E-state index in [-0.39, 0.29) is 0 Å². The van der Waals surface area contributed by atoms with Crippen LogP contribution in [0.3, 0.4) is 0 Å². The molecular weight excluding hydrogens is 256 g/mol. The van der Waals surface area contributed by atoms with Gasteiger partial charge in [0, 0.05) is 15.3 Å². The predicted octanol–water partition coefficient (Wildman–Crippen LogP) is 3.78. The first kappa shape index (κ1) is 9.53. The van der Waals surface area contributed by atoms with Gasteiger partial charge >= 0.3 is 0 Å². The number of fused-ring (bicyclic) bond motifs is 3. The van der Waals surface area contributed by atoms with E-state index in [1.54, 1.807) is 0 Å². The Morgan fingerprint density at radius 3 is 2.93 bits per heavy atom. The molecule has 0 bridgehead atoms. The highest BCUT2D eigenvalue weighted by Crippen LogP contribution is 2.52. The van der Waals surface area contributed by atoms with Crippen molar-refractivity contribution in [2.75, 3.05) is 0 Å². The zero-order chi connectivity index (χ0) is 9.54. The maximum absolute atomic E-state index is 3.83. The summed E-state index contributed by atoms with van der Waals surface area (Å²) >= 11 is 6.07. The number of thioether (sulfide) groups is 1. The van der Waals surface area contributed by atoms with Gasteiger partial charge in [-0.3, -0.25) is 0 Å². The lowest BCUT2D eigenvalue weighted by atomic mass is 9.79. The van der Waals surface area contributed by atoms with Crippen molar-refractivity contribution in [3.63, 3.8) is 0 Å². The van der Waals surface area contributed by atoms with Gasteiger partial charge in [-0.2, -0.15) is 11.8 Å². The van der Waals surface area contributed by atoms with Crippen molar-refractivity contribution in [1.29, 1.82) is 0 Å². The SMILES string of the molecule is BrC1CC=CC2C3C=CCCC3SC12. The fourth-order valence-electron chi connectivity index (χ4n) is 2.94. The van der Waals surface area contributed by atoms with Crippen molar-refractivity contribution >= 4 is 27.7 Å². The average Bonchev–Trinajstić information content (AvgIpc) is 2.59. The summed E-state index contributed by atoms with van der Waals surface area (Å²) in [5, 5.41) is 1.73. The van der Waals surface area contributed by atoms with Crippen LogP contribution in [0.25, 0.3) is 0 Å². The van der Waals surface area contributed by atoms with Crippen LogP contribution in [0.1, 0.15) is 19.3 Å². The second-order valence-corrected chi connectivity index (χ2v) is 7.08. The van der Waals surface area contributed by atoms with E-state index in [2.05, 4.69) is 52.0 Å². The molecule has 0 radical (unpaired) electrons. The Balaban J connectivity index is 1.90. The predicted molar refractivity (Wildman–Crippen MR) is 67.0 cm³/mol. The van der Waals surface area contributed by atoms with Gasteiger partial charge in [0.15, 0.2) is 0 Å². The molecule has 0 spiro atoms. The molecule has 2 aliphatic carbocycles. The second-order valence-electron chi connectivity index (χ2n) is 4.48. The van der Waals surface area contributed by atoms with Crippen LogP contribution >= 0.6 is 27.7 Å². The third-order valence-electron chi connectivity index (χ3n) is 3.64. The van der Waals surface area contributed by atoms with E-state index in [0.29, 0.717) is 4.83 Å². The van der Waals surface area contributed by atoms with Crippen molar-refractivity contribution in [3.8, 4) is 0 Å². The highest BCUT2D eigenvalue weighted by Gasteiger charge is 2.45. The molecule has 5 unspecified atom stereocenters. The Kier molecular flexibility index (Phi) is 2.53. The summed E-state index contributed by atoms with van der Waals surface area (Å²) < 4.78 is 0. The van der Waals surface area contributed by atoms with Gasteiger partial charge in [-0.05, 0) is 31.1 Å². The minimum Gasteiger partial charge on any atom is -0.153 e. The maximum atomic E-state index is 3.83. The van der Waals surface area contributed by atoms with Crippen LogP contribution in [-0.2, 0) is 0 Å². The molecule has 0 aromatic rings. The molecule has 0 saturated carbocycles. The summed E-state index contributed by atoms with van der Waals surface area (Å²) in [6.45, 7) is 0. The van der Waals surface area contributed by atoms with Gasteiger partial charge in [0.05, 0.1) is 0 Å². The lowest BCUT2D eigenvalue weighted by Crippen LogP contribution is -2.28. The standard InChI is InChI=1S/C12H15BrS/c13-10-6-3-5-9-8-4-1-2-7-11(8)14-12(9)10/h1,3-5,8-12H,2,6-7H2. The van der Waals surface area contributed by atoms with Crippen molar-refractivity contribution in [2.45, 2.75) is 34.6 Å². The van der Waals surface area contributed by atoms with Crippen LogP contribution in [0.5, 0.6) is 0 Å². The molecule has 3 rings (SSSR count). The molecule has 1 saturated heterocycles. The first-order chi connectivity index (χ1) is 6.86. The van der Waals surface area contributed by atoms with Gasteiger partial charge in [0.25, 0.3) is 0 Å². The monoisotopic (exact) mass is 270 g/mol. The second kappa shape index (κ2) is 3.71. The highest BCUT2D eigenvalue weighted by atomic mass is 79.9. The molecule has 0 amide bonds. The maximum Gasteiger partial charge on any atom is 0.0305 e. The lowest BCUT2D eigenvalue weighted by molar-refractivity contribution is 0.440. The Hall–Kier alpha value is 0.310. The van der Waals surface area contributed by atoms with Crippen LogP contribution in [0.2, 0.25) is 0 Å². The third kappa shape index (κ3) is 1.42. The minimum atomic E-state index is 0.710. The summed E-state index contributed by atoms with van der Waals surface area (Å²) in [5.74, 6) is 1.63. The Bertz CT molecular complexity index is 284. The van der Waals surface area contributed by atoms with E-state index < -0.39 is 0 Å². The molecule has 0 aromatic carbocycles. The first-order valence-corrected chi connectivity index (χ1v) is 7.35. The average molecular weight is 271 g/mol. The number of rotatable bonds is 0. The molecular formula is C12H15BrS. The number of hydrogen-bond donors (Lipinski definition) is 0. The quantitative estimate of drug-likeness (QED) is 0.477. The number of halogens is 1. The van der Waals surface area contributed by atoms with Gasteiger partial charge in [-0.25, -0.2) is 0 Å². The van der Waals surface area contributed by atoms with E-state index in [0.717, 1.165) is 22.3 Å². The lowest BCUT2D eigenvalue weighted by Gasteiger charge is -2.27. The summed E-state index contributed by atoms with van der Waals surface area (Å²) in [6, 6.07) is 0. The Morgan fingerprint density at radius 1 is 1.14 bits per heavy atom.